The van der Waals surface area contributed by atoms with E-state index < -0.39 is 39.7 Å². The van der Waals surface area contributed by atoms with Gasteiger partial charge in [-0.15, -0.1) is 11.3 Å². The van der Waals surface area contributed by atoms with Crippen LogP contribution in [0.4, 0.5) is 26.3 Å². The molecule has 140 valence electrons. The third-order valence-electron chi connectivity index (χ3n) is 4.16. The zero-order valence-electron chi connectivity index (χ0n) is 13.0. The zero-order valence-corrected chi connectivity index (χ0v) is 13.9. The van der Waals surface area contributed by atoms with E-state index in [1.54, 1.807) is 0 Å². The van der Waals surface area contributed by atoms with Gasteiger partial charge in [-0.25, -0.2) is 4.98 Å². The van der Waals surface area contributed by atoms with Crippen molar-refractivity contribution in [2.24, 2.45) is 0 Å². The summed E-state index contributed by atoms with van der Waals surface area (Å²) in [6.45, 7) is -0.0666. The fourth-order valence-electron chi connectivity index (χ4n) is 2.54. The Hall–Kier alpha value is -2.10. The first-order valence-corrected chi connectivity index (χ1v) is 8.32. The molecule has 0 aliphatic heterocycles. The second-order valence-electron chi connectivity index (χ2n) is 6.03. The van der Waals surface area contributed by atoms with Gasteiger partial charge in [0.05, 0.1) is 17.3 Å². The summed E-state index contributed by atoms with van der Waals surface area (Å²) in [5.74, 6) is -0.920. The van der Waals surface area contributed by atoms with Crippen LogP contribution in [-0.4, -0.2) is 17.4 Å². The molecular weight excluding hydrogens is 382 g/mol. The minimum absolute atomic E-state index is 0.0666. The highest BCUT2D eigenvalue weighted by atomic mass is 32.1. The summed E-state index contributed by atoms with van der Waals surface area (Å²) >= 11 is 0.497. The number of nitrogens with zero attached hydrogens (tertiary/aromatic N) is 1. The molecule has 10 heteroatoms. The molecule has 2 aromatic rings. The Kier molecular flexibility index (Phi) is 4.50. The number of thiazole rings is 1. The van der Waals surface area contributed by atoms with Crippen molar-refractivity contribution in [3.63, 3.8) is 0 Å². The van der Waals surface area contributed by atoms with Crippen molar-refractivity contribution in [1.29, 1.82) is 0 Å². The molecule has 1 aliphatic rings. The van der Waals surface area contributed by atoms with Crippen LogP contribution in [0.5, 0.6) is 0 Å². The Morgan fingerprint density at radius 3 is 2.31 bits per heavy atom. The molecule has 3 nitrogen and oxygen atoms in total. The summed E-state index contributed by atoms with van der Waals surface area (Å²) in [5.41, 5.74) is -2.32. The van der Waals surface area contributed by atoms with Crippen molar-refractivity contribution in [1.82, 2.24) is 10.3 Å². The molecule has 0 spiro atoms. The molecule has 1 aromatic carbocycles. The van der Waals surface area contributed by atoms with Crippen molar-refractivity contribution >= 4 is 17.2 Å². The largest absolute Gasteiger partial charge is 0.427 e. The topological polar surface area (TPSA) is 42.0 Å². The fraction of sp³-hybridized carbons (Fsp3) is 0.375. The lowest BCUT2D eigenvalue weighted by Crippen LogP contribution is -2.33. The Bertz CT molecular complexity index is 823. The molecule has 1 aliphatic carbocycles. The maximum absolute atomic E-state index is 13.0. The molecule has 0 saturated heterocycles. The van der Waals surface area contributed by atoms with E-state index in [0.29, 0.717) is 24.2 Å². The molecule has 0 atom stereocenters. The second kappa shape index (κ2) is 6.26. The van der Waals surface area contributed by atoms with Crippen molar-refractivity contribution in [2.45, 2.75) is 30.6 Å². The normalized spacial score (nSPS) is 16.4. The van der Waals surface area contributed by atoms with E-state index in [0.717, 1.165) is 18.3 Å². The Morgan fingerprint density at radius 2 is 1.77 bits per heavy atom. The zero-order chi connectivity index (χ0) is 19.2. The van der Waals surface area contributed by atoms with E-state index >= 15 is 0 Å². The Morgan fingerprint density at radius 1 is 1.12 bits per heavy atom. The van der Waals surface area contributed by atoms with E-state index in [1.165, 1.54) is 12.1 Å². The van der Waals surface area contributed by atoms with Crippen molar-refractivity contribution in [3.05, 3.63) is 51.5 Å². The number of carbonyl (C=O) groups excluding carboxylic acids is 1. The van der Waals surface area contributed by atoms with Crippen molar-refractivity contribution in [2.75, 3.05) is 6.54 Å². The van der Waals surface area contributed by atoms with Crippen molar-refractivity contribution < 1.29 is 31.1 Å². The smallest absolute Gasteiger partial charge is 0.351 e. The number of alkyl halides is 6. The second-order valence-corrected chi connectivity index (χ2v) is 7.06. The van der Waals surface area contributed by atoms with Gasteiger partial charge in [0.1, 0.15) is 9.88 Å². The van der Waals surface area contributed by atoms with E-state index in [9.17, 15) is 31.1 Å². The average molecular weight is 394 g/mol. The van der Waals surface area contributed by atoms with Crippen LogP contribution < -0.4 is 5.32 Å². The third-order valence-corrected chi connectivity index (χ3v) is 5.45. The lowest BCUT2D eigenvalue weighted by atomic mass is 10.1. The number of rotatable bonds is 4. The maximum Gasteiger partial charge on any atom is 0.427 e. The number of nitrogens with one attached hydrogen (secondary N) is 1. The predicted octanol–water partition coefficient (Wildman–Crippen LogP) is 4.64. The number of hydrogen-bond donors (Lipinski definition) is 1. The van der Waals surface area contributed by atoms with Crippen LogP contribution in [0.25, 0.3) is 0 Å². The standard InChI is InChI=1S/C16H12F6N2OS/c17-15(18,19)10-4-2-1-3-9(10)12(25)24-8-14(5-6-14)13-23-7-11(26-13)16(20,21)22/h1-4,7H,5-6,8H2,(H,24,25). The molecule has 1 aromatic heterocycles. The van der Waals surface area contributed by atoms with Crippen molar-refractivity contribution in [3.8, 4) is 0 Å². The van der Waals surface area contributed by atoms with Gasteiger partial charge in [-0.1, -0.05) is 12.1 Å². The van der Waals surface area contributed by atoms with Gasteiger partial charge >= 0.3 is 12.4 Å². The molecule has 26 heavy (non-hydrogen) atoms. The number of benzene rings is 1. The summed E-state index contributed by atoms with van der Waals surface area (Å²) in [7, 11) is 0. The molecule has 1 N–H and O–H groups in total. The molecule has 1 fully saturated rings. The SMILES string of the molecule is O=C(NCC1(c2ncc(C(F)(F)F)s2)CC1)c1ccccc1C(F)(F)F. The van der Waals surface area contributed by atoms with Gasteiger partial charge in [0.25, 0.3) is 5.91 Å². The number of aromatic nitrogens is 1. The maximum atomic E-state index is 13.0. The molecule has 1 heterocycles. The monoisotopic (exact) mass is 394 g/mol. The first kappa shape index (κ1) is 18.7. The number of amides is 1. The number of halogens is 6. The van der Waals surface area contributed by atoms with Crippen LogP contribution in [-0.2, 0) is 17.8 Å². The molecule has 0 unspecified atom stereocenters. The third kappa shape index (κ3) is 3.69. The quantitative estimate of drug-likeness (QED) is 0.768. The fourth-order valence-corrected chi connectivity index (χ4v) is 3.57. The van der Waals surface area contributed by atoms with E-state index in [1.807, 2.05) is 0 Å². The summed E-state index contributed by atoms with van der Waals surface area (Å²) in [6.07, 6.45) is -7.41. The lowest BCUT2D eigenvalue weighted by molar-refractivity contribution is -0.138. The average Bonchev–Trinajstić information content (AvgIpc) is 3.16. The molecule has 1 saturated carbocycles. The van der Waals surface area contributed by atoms with Crippen LogP contribution in [0.15, 0.2) is 30.5 Å². The van der Waals surface area contributed by atoms with Crippen LogP contribution >= 0.6 is 11.3 Å². The lowest BCUT2D eigenvalue weighted by Gasteiger charge is -2.16. The van der Waals surface area contributed by atoms with Gasteiger partial charge in [-0.3, -0.25) is 4.79 Å². The molecular formula is C16H12F6N2OS. The van der Waals surface area contributed by atoms with Crippen LogP contribution in [0.1, 0.15) is 38.6 Å². The minimum atomic E-state index is -4.68. The molecule has 0 radical (unpaired) electrons. The van der Waals surface area contributed by atoms with Gasteiger partial charge in [0.2, 0.25) is 0 Å². The number of carbonyl (C=O) groups is 1. The highest BCUT2D eigenvalue weighted by molar-refractivity contribution is 7.11. The summed E-state index contributed by atoms with van der Waals surface area (Å²) in [6, 6.07) is 4.35. The predicted molar refractivity (Wildman–Crippen MR) is 81.8 cm³/mol. The Balaban J connectivity index is 1.74. The van der Waals surface area contributed by atoms with Gasteiger partial charge in [-0.2, -0.15) is 26.3 Å². The molecule has 1 amide bonds. The van der Waals surface area contributed by atoms with E-state index in [4.69, 9.17) is 0 Å². The summed E-state index contributed by atoms with van der Waals surface area (Å²) < 4.78 is 77.0. The van der Waals surface area contributed by atoms with Gasteiger partial charge < -0.3 is 5.32 Å². The molecule has 0 bridgehead atoms. The van der Waals surface area contributed by atoms with Gasteiger partial charge in [-0.05, 0) is 25.0 Å². The van der Waals surface area contributed by atoms with E-state index in [-0.39, 0.29) is 11.6 Å². The first-order chi connectivity index (χ1) is 12.0. The summed E-state index contributed by atoms with van der Waals surface area (Å²) in [4.78, 5) is 15.1. The number of hydrogen-bond acceptors (Lipinski definition) is 3. The molecule has 3 rings (SSSR count). The van der Waals surface area contributed by atoms with Crippen LogP contribution in [0.3, 0.4) is 0 Å². The van der Waals surface area contributed by atoms with Crippen LogP contribution in [0.2, 0.25) is 0 Å². The Labute approximate surface area is 148 Å². The van der Waals surface area contributed by atoms with Gasteiger partial charge in [0, 0.05) is 12.0 Å². The van der Waals surface area contributed by atoms with Gasteiger partial charge in [0.15, 0.2) is 0 Å². The van der Waals surface area contributed by atoms with Crippen LogP contribution in [0, 0.1) is 0 Å². The summed E-state index contributed by atoms with van der Waals surface area (Å²) in [5, 5.41) is 2.64. The highest BCUT2D eigenvalue weighted by Crippen LogP contribution is 2.50. The first-order valence-electron chi connectivity index (χ1n) is 7.51. The van der Waals surface area contributed by atoms with E-state index in [2.05, 4.69) is 10.3 Å². The minimum Gasteiger partial charge on any atom is -0.351 e. The highest BCUT2D eigenvalue weighted by Gasteiger charge is 2.48.